The minimum absolute atomic E-state index is 0.0623. The lowest BCUT2D eigenvalue weighted by atomic mass is 10.0. The van der Waals surface area contributed by atoms with E-state index in [4.69, 9.17) is 10.5 Å². The van der Waals surface area contributed by atoms with Gasteiger partial charge in [-0.05, 0) is 37.0 Å². The molecule has 2 rings (SSSR count). The maximum absolute atomic E-state index is 9.58. The standard InChI is InChI=1S/C13H19NO2/c1-2-16-13-8-10(5-6-12(13)15)11(14)7-9-3-4-9/h5-6,8-9,11,15H,2-4,7,14H2,1H3/t11-/m0/s1. The van der Waals surface area contributed by atoms with Crippen molar-refractivity contribution in [1.82, 2.24) is 0 Å². The van der Waals surface area contributed by atoms with Crippen molar-refractivity contribution in [3.63, 3.8) is 0 Å². The quantitative estimate of drug-likeness (QED) is 0.803. The van der Waals surface area contributed by atoms with Crippen LogP contribution in [0.15, 0.2) is 18.2 Å². The zero-order chi connectivity index (χ0) is 11.5. The van der Waals surface area contributed by atoms with Crippen molar-refractivity contribution in [2.24, 2.45) is 11.7 Å². The van der Waals surface area contributed by atoms with Crippen LogP contribution >= 0.6 is 0 Å². The van der Waals surface area contributed by atoms with Gasteiger partial charge in [0.1, 0.15) is 0 Å². The van der Waals surface area contributed by atoms with Crippen LogP contribution < -0.4 is 10.5 Å². The summed E-state index contributed by atoms with van der Waals surface area (Å²) in [7, 11) is 0. The summed E-state index contributed by atoms with van der Waals surface area (Å²) >= 11 is 0. The van der Waals surface area contributed by atoms with E-state index in [0.717, 1.165) is 17.9 Å². The van der Waals surface area contributed by atoms with E-state index in [0.29, 0.717) is 12.4 Å². The smallest absolute Gasteiger partial charge is 0.161 e. The van der Waals surface area contributed by atoms with Crippen LogP contribution in [0.2, 0.25) is 0 Å². The maximum atomic E-state index is 9.58. The van der Waals surface area contributed by atoms with Gasteiger partial charge < -0.3 is 15.6 Å². The first-order valence-electron chi connectivity index (χ1n) is 5.92. The zero-order valence-corrected chi connectivity index (χ0v) is 9.65. The second-order valence-corrected chi connectivity index (χ2v) is 4.45. The summed E-state index contributed by atoms with van der Waals surface area (Å²) in [6, 6.07) is 5.46. The number of phenolic OH excluding ortho intramolecular Hbond substituents is 1. The Morgan fingerprint density at radius 2 is 2.25 bits per heavy atom. The minimum atomic E-state index is 0.0623. The molecule has 1 aliphatic carbocycles. The van der Waals surface area contributed by atoms with Crippen LogP contribution in [-0.2, 0) is 0 Å². The third-order valence-electron chi connectivity index (χ3n) is 3.00. The van der Waals surface area contributed by atoms with Crippen molar-refractivity contribution in [2.75, 3.05) is 6.61 Å². The molecule has 1 aromatic rings. The monoisotopic (exact) mass is 221 g/mol. The Labute approximate surface area is 96.2 Å². The van der Waals surface area contributed by atoms with Crippen molar-refractivity contribution >= 4 is 0 Å². The lowest BCUT2D eigenvalue weighted by molar-refractivity contribution is 0.317. The summed E-state index contributed by atoms with van der Waals surface area (Å²) in [5.41, 5.74) is 7.16. The number of phenols is 1. The Balaban J connectivity index is 2.10. The SMILES string of the molecule is CCOc1cc([C@@H](N)CC2CC2)ccc1O. The van der Waals surface area contributed by atoms with E-state index >= 15 is 0 Å². The molecule has 1 atom stereocenters. The number of nitrogens with two attached hydrogens (primary N) is 1. The van der Waals surface area contributed by atoms with Gasteiger partial charge in [0.2, 0.25) is 0 Å². The van der Waals surface area contributed by atoms with E-state index in [-0.39, 0.29) is 11.8 Å². The van der Waals surface area contributed by atoms with E-state index in [9.17, 15) is 5.11 Å². The summed E-state index contributed by atoms with van der Waals surface area (Å²) in [4.78, 5) is 0. The molecular weight excluding hydrogens is 202 g/mol. The van der Waals surface area contributed by atoms with Crippen LogP contribution in [0.4, 0.5) is 0 Å². The first-order valence-corrected chi connectivity index (χ1v) is 5.92. The highest BCUT2D eigenvalue weighted by Crippen LogP contribution is 2.38. The molecule has 0 saturated heterocycles. The largest absolute Gasteiger partial charge is 0.504 e. The van der Waals surface area contributed by atoms with Crippen LogP contribution in [0.25, 0.3) is 0 Å². The molecule has 3 nitrogen and oxygen atoms in total. The molecule has 0 aromatic heterocycles. The zero-order valence-electron chi connectivity index (χ0n) is 9.65. The molecule has 88 valence electrons. The van der Waals surface area contributed by atoms with Crippen LogP contribution in [0.3, 0.4) is 0 Å². The van der Waals surface area contributed by atoms with Crippen LogP contribution in [0, 0.1) is 5.92 Å². The predicted molar refractivity (Wildman–Crippen MR) is 63.5 cm³/mol. The number of rotatable bonds is 5. The molecule has 0 aliphatic heterocycles. The van der Waals surface area contributed by atoms with E-state index in [2.05, 4.69) is 0 Å². The Hall–Kier alpha value is -1.22. The van der Waals surface area contributed by atoms with Crippen molar-refractivity contribution in [2.45, 2.75) is 32.2 Å². The maximum Gasteiger partial charge on any atom is 0.161 e. The molecule has 0 spiro atoms. The summed E-state index contributed by atoms with van der Waals surface area (Å²) < 4.78 is 5.34. The normalized spacial score (nSPS) is 17.1. The van der Waals surface area contributed by atoms with E-state index in [1.807, 2.05) is 19.1 Å². The van der Waals surface area contributed by atoms with Crippen molar-refractivity contribution in [3.8, 4) is 11.5 Å². The molecular formula is C13H19NO2. The second-order valence-electron chi connectivity index (χ2n) is 4.45. The van der Waals surface area contributed by atoms with Gasteiger partial charge in [-0.2, -0.15) is 0 Å². The molecule has 1 saturated carbocycles. The fourth-order valence-corrected chi connectivity index (χ4v) is 1.88. The van der Waals surface area contributed by atoms with Crippen molar-refractivity contribution < 1.29 is 9.84 Å². The highest BCUT2D eigenvalue weighted by Gasteiger charge is 2.24. The van der Waals surface area contributed by atoms with Gasteiger partial charge in [0.15, 0.2) is 11.5 Å². The molecule has 0 bridgehead atoms. The Bertz CT molecular complexity index is 361. The highest BCUT2D eigenvalue weighted by molar-refractivity contribution is 5.42. The number of hydrogen-bond acceptors (Lipinski definition) is 3. The highest BCUT2D eigenvalue weighted by atomic mass is 16.5. The molecule has 0 unspecified atom stereocenters. The minimum Gasteiger partial charge on any atom is -0.504 e. The third-order valence-corrected chi connectivity index (χ3v) is 3.00. The molecule has 3 N–H and O–H groups in total. The van der Waals surface area contributed by atoms with Crippen LogP contribution in [0.1, 0.15) is 37.8 Å². The molecule has 16 heavy (non-hydrogen) atoms. The average molecular weight is 221 g/mol. The molecule has 0 amide bonds. The Morgan fingerprint density at radius 1 is 1.50 bits per heavy atom. The topological polar surface area (TPSA) is 55.5 Å². The number of hydrogen-bond donors (Lipinski definition) is 2. The summed E-state index contributed by atoms with van der Waals surface area (Å²) in [6.07, 6.45) is 3.66. The second kappa shape index (κ2) is 4.74. The first kappa shape index (κ1) is 11.3. The fraction of sp³-hybridized carbons (Fsp3) is 0.538. The Kier molecular flexibility index (Phi) is 3.34. The van der Waals surface area contributed by atoms with Crippen molar-refractivity contribution in [3.05, 3.63) is 23.8 Å². The molecule has 0 radical (unpaired) electrons. The molecule has 0 heterocycles. The van der Waals surface area contributed by atoms with Gasteiger partial charge in [-0.15, -0.1) is 0 Å². The van der Waals surface area contributed by atoms with E-state index in [1.165, 1.54) is 12.8 Å². The summed E-state index contributed by atoms with van der Waals surface area (Å²) in [5, 5.41) is 9.58. The van der Waals surface area contributed by atoms with Gasteiger partial charge in [0.25, 0.3) is 0 Å². The van der Waals surface area contributed by atoms with Crippen molar-refractivity contribution in [1.29, 1.82) is 0 Å². The third kappa shape index (κ3) is 2.67. The van der Waals surface area contributed by atoms with Crippen LogP contribution in [0.5, 0.6) is 11.5 Å². The summed E-state index contributed by atoms with van der Waals surface area (Å²) in [6.45, 7) is 2.45. The van der Waals surface area contributed by atoms with Crippen LogP contribution in [-0.4, -0.2) is 11.7 Å². The molecule has 1 fully saturated rings. The summed E-state index contributed by atoms with van der Waals surface area (Å²) in [5.74, 6) is 1.52. The van der Waals surface area contributed by atoms with Gasteiger partial charge >= 0.3 is 0 Å². The van der Waals surface area contributed by atoms with E-state index in [1.54, 1.807) is 6.07 Å². The van der Waals surface area contributed by atoms with Gasteiger partial charge in [0, 0.05) is 6.04 Å². The fourth-order valence-electron chi connectivity index (χ4n) is 1.88. The lowest BCUT2D eigenvalue weighted by Crippen LogP contribution is -2.11. The first-order chi connectivity index (χ1) is 7.70. The van der Waals surface area contributed by atoms with Gasteiger partial charge in [-0.3, -0.25) is 0 Å². The lowest BCUT2D eigenvalue weighted by Gasteiger charge is -2.14. The number of aromatic hydroxyl groups is 1. The van der Waals surface area contributed by atoms with Gasteiger partial charge in [-0.1, -0.05) is 18.9 Å². The number of benzene rings is 1. The predicted octanol–water partition coefficient (Wildman–Crippen LogP) is 2.59. The van der Waals surface area contributed by atoms with E-state index < -0.39 is 0 Å². The average Bonchev–Trinajstić information content (AvgIpc) is 3.05. The molecule has 1 aromatic carbocycles. The van der Waals surface area contributed by atoms with Gasteiger partial charge in [0.05, 0.1) is 6.61 Å². The Morgan fingerprint density at radius 3 is 2.88 bits per heavy atom. The molecule has 3 heteroatoms. The molecule has 1 aliphatic rings. The number of ether oxygens (including phenoxy) is 1. The van der Waals surface area contributed by atoms with Gasteiger partial charge in [-0.25, -0.2) is 0 Å².